The fourth-order valence-corrected chi connectivity index (χ4v) is 2.70. The van der Waals surface area contributed by atoms with Crippen molar-refractivity contribution in [2.24, 2.45) is 5.73 Å². The highest BCUT2D eigenvalue weighted by atomic mass is 35.5. The molecular weight excluding hydrogens is 280 g/mol. The summed E-state index contributed by atoms with van der Waals surface area (Å²) in [6.45, 7) is 2.06. The average molecular weight is 295 g/mol. The van der Waals surface area contributed by atoms with Gasteiger partial charge in [0, 0.05) is 18.7 Å². The van der Waals surface area contributed by atoms with E-state index in [2.05, 4.69) is 4.72 Å². The second-order valence-electron chi connectivity index (χ2n) is 3.77. The third kappa shape index (κ3) is 3.05. The van der Waals surface area contributed by atoms with Crippen LogP contribution in [-0.4, -0.2) is 27.8 Å². The van der Waals surface area contributed by atoms with Crippen molar-refractivity contribution >= 4 is 22.4 Å². The Morgan fingerprint density at radius 1 is 1.39 bits per heavy atom. The van der Waals surface area contributed by atoms with Crippen LogP contribution in [0.1, 0.15) is 6.92 Å². The molecule has 3 N–H and O–H groups in total. The molecule has 2 rings (SSSR count). The molecule has 0 fully saturated rings. The van der Waals surface area contributed by atoms with E-state index in [1.165, 1.54) is 12.1 Å². The monoisotopic (exact) mass is 294 g/mol. The summed E-state index contributed by atoms with van der Waals surface area (Å²) in [4.78, 5) is 0.141. The second-order valence-corrected chi connectivity index (χ2v) is 5.49. The van der Waals surface area contributed by atoms with E-state index in [9.17, 15) is 8.42 Å². The molecule has 0 radical (unpaired) electrons. The zero-order valence-corrected chi connectivity index (χ0v) is 11.4. The van der Waals surface area contributed by atoms with E-state index in [1.807, 2.05) is 0 Å². The van der Waals surface area contributed by atoms with E-state index in [1.54, 1.807) is 13.0 Å². The molecular formula is C10H15ClN2O4S. The smallest absolute Gasteiger partial charge is 0.240 e. The van der Waals surface area contributed by atoms with Crippen molar-refractivity contribution in [2.45, 2.75) is 17.9 Å². The van der Waals surface area contributed by atoms with Crippen LogP contribution < -0.4 is 19.9 Å². The third-order valence-corrected chi connectivity index (χ3v) is 3.95. The number of rotatable bonds is 4. The van der Waals surface area contributed by atoms with Gasteiger partial charge in [0.05, 0.1) is 4.90 Å². The number of halogens is 1. The van der Waals surface area contributed by atoms with Gasteiger partial charge < -0.3 is 15.2 Å². The first-order chi connectivity index (χ1) is 8.03. The predicted molar refractivity (Wildman–Crippen MR) is 68.7 cm³/mol. The van der Waals surface area contributed by atoms with E-state index in [-0.39, 0.29) is 36.7 Å². The van der Waals surface area contributed by atoms with Gasteiger partial charge in [0.25, 0.3) is 0 Å². The lowest BCUT2D eigenvalue weighted by Gasteiger charge is -2.12. The highest BCUT2D eigenvalue weighted by Gasteiger charge is 2.21. The van der Waals surface area contributed by atoms with Gasteiger partial charge in [-0.3, -0.25) is 0 Å². The van der Waals surface area contributed by atoms with Crippen molar-refractivity contribution in [3.63, 3.8) is 0 Å². The van der Waals surface area contributed by atoms with Gasteiger partial charge in [0.15, 0.2) is 11.5 Å². The molecule has 8 heteroatoms. The summed E-state index contributed by atoms with van der Waals surface area (Å²) in [5.74, 6) is 0.990. The molecule has 1 heterocycles. The van der Waals surface area contributed by atoms with Crippen LogP contribution in [-0.2, 0) is 10.0 Å². The Morgan fingerprint density at radius 2 is 2.06 bits per heavy atom. The molecule has 18 heavy (non-hydrogen) atoms. The number of fused-ring (bicyclic) bond motifs is 1. The molecule has 1 aliphatic rings. The number of nitrogens with one attached hydrogen (secondary N) is 1. The number of hydrogen-bond donors (Lipinski definition) is 2. The van der Waals surface area contributed by atoms with Crippen LogP contribution in [0.15, 0.2) is 23.1 Å². The normalized spacial score (nSPS) is 15.0. The summed E-state index contributed by atoms with van der Waals surface area (Å²) >= 11 is 0. The molecule has 1 atom stereocenters. The predicted octanol–water partition coefficient (Wildman–Crippen LogP) is 0.463. The minimum atomic E-state index is -3.56. The molecule has 0 saturated heterocycles. The Labute approximate surface area is 112 Å². The van der Waals surface area contributed by atoms with Crippen LogP contribution in [0.3, 0.4) is 0 Å². The van der Waals surface area contributed by atoms with Crippen LogP contribution in [0, 0.1) is 0 Å². The Morgan fingerprint density at radius 3 is 2.72 bits per heavy atom. The van der Waals surface area contributed by atoms with E-state index < -0.39 is 10.0 Å². The molecule has 0 bridgehead atoms. The lowest BCUT2D eigenvalue weighted by Crippen LogP contribution is -2.37. The molecule has 0 aromatic heterocycles. The van der Waals surface area contributed by atoms with Gasteiger partial charge >= 0.3 is 0 Å². The van der Waals surface area contributed by atoms with Gasteiger partial charge in [-0.25, -0.2) is 13.1 Å². The van der Waals surface area contributed by atoms with Gasteiger partial charge in [-0.15, -0.1) is 12.4 Å². The topological polar surface area (TPSA) is 90.7 Å². The van der Waals surface area contributed by atoms with Crippen LogP contribution in [0.4, 0.5) is 0 Å². The zero-order valence-electron chi connectivity index (χ0n) is 9.75. The van der Waals surface area contributed by atoms with Gasteiger partial charge in [-0.2, -0.15) is 0 Å². The maximum atomic E-state index is 11.9. The standard InChI is InChI=1S/C10H14N2O4S.ClH/c1-7(5-11)12-17(13,14)8-2-3-9-10(4-8)16-6-15-9;/h2-4,7,12H,5-6,11H2,1H3;1H/t7-;/m0./s1. The summed E-state index contributed by atoms with van der Waals surface area (Å²) in [6, 6.07) is 4.17. The van der Waals surface area contributed by atoms with Crippen molar-refractivity contribution in [1.29, 1.82) is 0 Å². The quantitative estimate of drug-likeness (QED) is 0.842. The summed E-state index contributed by atoms with van der Waals surface area (Å²) in [5, 5.41) is 0. The second kappa shape index (κ2) is 5.75. The number of nitrogens with two attached hydrogens (primary N) is 1. The van der Waals surface area contributed by atoms with E-state index in [4.69, 9.17) is 15.2 Å². The Hall–Kier alpha value is -1.02. The van der Waals surface area contributed by atoms with Crippen LogP contribution in [0.25, 0.3) is 0 Å². The lowest BCUT2D eigenvalue weighted by molar-refractivity contribution is 0.174. The Balaban J connectivity index is 0.00000162. The maximum absolute atomic E-state index is 11.9. The molecule has 1 aliphatic heterocycles. The minimum Gasteiger partial charge on any atom is -0.454 e. The van der Waals surface area contributed by atoms with Crippen molar-refractivity contribution < 1.29 is 17.9 Å². The first-order valence-electron chi connectivity index (χ1n) is 5.15. The van der Waals surface area contributed by atoms with E-state index in [0.717, 1.165) is 0 Å². The summed E-state index contributed by atoms with van der Waals surface area (Å²) in [5.41, 5.74) is 5.38. The molecule has 0 aliphatic carbocycles. The molecule has 0 unspecified atom stereocenters. The van der Waals surface area contributed by atoms with Gasteiger partial charge in [0.1, 0.15) is 0 Å². The molecule has 0 spiro atoms. The van der Waals surface area contributed by atoms with Crippen molar-refractivity contribution in [1.82, 2.24) is 4.72 Å². The Bertz CT molecular complexity index is 521. The lowest BCUT2D eigenvalue weighted by atomic mass is 10.3. The van der Waals surface area contributed by atoms with Crippen molar-refractivity contribution in [3.05, 3.63) is 18.2 Å². The minimum absolute atomic E-state index is 0. The van der Waals surface area contributed by atoms with Gasteiger partial charge in [-0.05, 0) is 19.1 Å². The van der Waals surface area contributed by atoms with Crippen molar-refractivity contribution in [3.8, 4) is 11.5 Å². The highest BCUT2D eigenvalue weighted by molar-refractivity contribution is 7.89. The SMILES string of the molecule is C[C@@H](CN)NS(=O)(=O)c1ccc2c(c1)OCO2.Cl. The zero-order chi connectivity index (χ0) is 12.5. The van der Waals surface area contributed by atoms with Gasteiger partial charge in [-0.1, -0.05) is 0 Å². The van der Waals surface area contributed by atoms with Crippen molar-refractivity contribution in [2.75, 3.05) is 13.3 Å². The Kier molecular flexibility index (Phi) is 4.80. The number of sulfonamides is 1. The largest absolute Gasteiger partial charge is 0.454 e. The fraction of sp³-hybridized carbons (Fsp3) is 0.400. The first kappa shape index (κ1) is 15.0. The molecule has 1 aromatic carbocycles. The fourth-order valence-electron chi connectivity index (χ4n) is 1.43. The maximum Gasteiger partial charge on any atom is 0.240 e. The van der Waals surface area contributed by atoms with Crippen LogP contribution in [0.5, 0.6) is 11.5 Å². The third-order valence-electron chi connectivity index (χ3n) is 2.36. The van der Waals surface area contributed by atoms with E-state index >= 15 is 0 Å². The molecule has 0 amide bonds. The van der Waals surface area contributed by atoms with Crippen LogP contribution >= 0.6 is 12.4 Å². The summed E-state index contributed by atoms with van der Waals surface area (Å²) in [7, 11) is -3.56. The average Bonchev–Trinajstić information content (AvgIpc) is 2.75. The molecule has 1 aromatic rings. The number of hydrogen-bond acceptors (Lipinski definition) is 5. The first-order valence-corrected chi connectivity index (χ1v) is 6.63. The van der Waals surface area contributed by atoms with Crippen LogP contribution in [0.2, 0.25) is 0 Å². The number of benzene rings is 1. The summed E-state index contributed by atoms with van der Waals surface area (Å²) < 4.78 is 36.6. The highest BCUT2D eigenvalue weighted by Crippen LogP contribution is 2.33. The van der Waals surface area contributed by atoms with Gasteiger partial charge in [0.2, 0.25) is 16.8 Å². The molecule has 0 saturated carbocycles. The molecule has 6 nitrogen and oxygen atoms in total. The molecule has 102 valence electrons. The summed E-state index contributed by atoms with van der Waals surface area (Å²) in [6.07, 6.45) is 0. The van der Waals surface area contributed by atoms with E-state index in [0.29, 0.717) is 11.5 Å². The number of ether oxygens (including phenoxy) is 2.